The summed E-state index contributed by atoms with van der Waals surface area (Å²) >= 11 is 0. The molecule has 0 spiro atoms. The maximum atomic E-state index is 6.29. The molecule has 23 heavy (non-hydrogen) atoms. The fourth-order valence-electron chi connectivity index (χ4n) is 3.43. The van der Waals surface area contributed by atoms with E-state index in [1.807, 2.05) is 24.3 Å². The summed E-state index contributed by atoms with van der Waals surface area (Å²) in [5.41, 5.74) is 6.75. The van der Waals surface area contributed by atoms with Crippen molar-refractivity contribution in [3.05, 3.63) is 30.1 Å². The van der Waals surface area contributed by atoms with Gasteiger partial charge in [0.05, 0.1) is 17.2 Å². The number of nitrogens with zero attached hydrogens (tertiary/aromatic N) is 2. The fraction of sp³-hybridized carbons (Fsp3) is 0.556. The van der Waals surface area contributed by atoms with Crippen LogP contribution in [0.25, 0.3) is 11.5 Å². The number of aromatic nitrogens is 2. The van der Waals surface area contributed by atoms with Gasteiger partial charge in [0.15, 0.2) is 5.82 Å². The van der Waals surface area contributed by atoms with Crippen LogP contribution in [0.4, 0.5) is 0 Å². The molecular formula is C18H23N3O2. The van der Waals surface area contributed by atoms with Crippen LogP contribution < -0.4 is 10.5 Å². The molecule has 4 rings (SSSR count). The molecule has 122 valence electrons. The third-order valence-electron chi connectivity index (χ3n) is 5.08. The zero-order valence-electron chi connectivity index (χ0n) is 13.3. The third-order valence-corrected chi connectivity index (χ3v) is 5.08. The van der Waals surface area contributed by atoms with Gasteiger partial charge in [-0.05, 0) is 57.1 Å². The highest BCUT2D eigenvalue weighted by molar-refractivity contribution is 5.62. The topological polar surface area (TPSA) is 74.2 Å². The maximum absolute atomic E-state index is 6.29. The van der Waals surface area contributed by atoms with Crippen molar-refractivity contribution in [2.75, 3.05) is 0 Å². The average Bonchev–Trinajstić information content (AvgIpc) is 3.04. The van der Waals surface area contributed by atoms with Gasteiger partial charge in [-0.2, -0.15) is 4.98 Å². The third kappa shape index (κ3) is 2.85. The first-order chi connectivity index (χ1) is 11.2. The van der Waals surface area contributed by atoms with E-state index in [0.29, 0.717) is 17.8 Å². The highest BCUT2D eigenvalue weighted by Gasteiger charge is 2.39. The van der Waals surface area contributed by atoms with Gasteiger partial charge in [-0.3, -0.25) is 0 Å². The van der Waals surface area contributed by atoms with E-state index in [1.165, 1.54) is 19.3 Å². The number of ether oxygens (including phenoxy) is 1. The van der Waals surface area contributed by atoms with Crippen LogP contribution in [-0.2, 0) is 5.54 Å². The van der Waals surface area contributed by atoms with Crippen molar-refractivity contribution in [2.45, 2.75) is 63.0 Å². The molecule has 5 heteroatoms. The Labute approximate surface area is 136 Å². The van der Waals surface area contributed by atoms with Crippen molar-refractivity contribution in [1.82, 2.24) is 10.1 Å². The van der Waals surface area contributed by atoms with Crippen molar-refractivity contribution in [1.29, 1.82) is 0 Å². The highest BCUT2D eigenvalue weighted by atomic mass is 16.5. The number of nitrogens with two attached hydrogens (primary N) is 1. The quantitative estimate of drug-likeness (QED) is 0.929. The van der Waals surface area contributed by atoms with E-state index in [-0.39, 0.29) is 0 Å². The average molecular weight is 313 g/mol. The zero-order valence-corrected chi connectivity index (χ0v) is 13.3. The van der Waals surface area contributed by atoms with E-state index < -0.39 is 5.54 Å². The van der Waals surface area contributed by atoms with Crippen molar-refractivity contribution >= 4 is 0 Å². The molecule has 0 unspecified atom stereocenters. The summed E-state index contributed by atoms with van der Waals surface area (Å²) in [6, 6.07) is 7.90. The SMILES string of the molecule is NC1(c2noc(-c3ccccc3OC3CCCCC3)n2)CCC1. The van der Waals surface area contributed by atoms with Crippen LogP contribution >= 0.6 is 0 Å². The van der Waals surface area contributed by atoms with Crippen LogP contribution in [0.15, 0.2) is 28.8 Å². The number of hydrogen-bond donors (Lipinski definition) is 1. The standard InChI is InChI=1S/C18H23N3O2/c19-18(11-6-12-18)17-20-16(23-21-17)14-9-4-5-10-15(14)22-13-7-2-1-3-8-13/h4-5,9-10,13H,1-3,6-8,11-12,19H2. The van der Waals surface area contributed by atoms with Crippen LogP contribution in [0.2, 0.25) is 0 Å². The normalized spacial score (nSPS) is 20.9. The van der Waals surface area contributed by atoms with Gasteiger partial charge < -0.3 is 15.0 Å². The van der Waals surface area contributed by atoms with E-state index in [4.69, 9.17) is 15.0 Å². The first-order valence-electron chi connectivity index (χ1n) is 8.64. The molecule has 2 N–H and O–H groups in total. The van der Waals surface area contributed by atoms with Gasteiger partial charge >= 0.3 is 0 Å². The number of rotatable bonds is 4. The maximum Gasteiger partial charge on any atom is 0.261 e. The minimum atomic E-state index is -0.402. The van der Waals surface area contributed by atoms with Gasteiger partial charge in [-0.15, -0.1) is 0 Å². The predicted molar refractivity (Wildman–Crippen MR) is 87.0 cm³/mol. The summed E-state index contributed by atoms with van der Waals surface area (Å²) in [5, 5.41) is 4.11. The first-order valence-corrected chi connectivity index (χ1v) is 8.64. The second kappa shape index (κ2) is 5.96. The minimum absolute atomic E-state index is 0.291. The van der Waals surface area contributed by atoms with Crippen LogP contribution in [0.3, 0.4) is 0 Å². The summed E-state index contributed by atoms with van der Waals surface area (Å²) in [5.74, 6) is 1.95. The van der Waals surface area contributed by atoms with Gasteiger partial charge in [-0.1, -0.05) is 23.7 Å². The Balaban J connectivity index is 1.58. The Morgan fingerprint density at radius 2 is 1.87 bits per heavy atom. The molecule has 2 aromatic rings. The Kier molecular flexibility index (Phi) is 3.81. The second-order valence-electron chi connectivity index (χ2n) is 6.81. The molecule has 5 nitrogen and oxygen atoms in total. The van der Waals surface area contributed by atoms with Crippen LogP contribution in [-0.4, -0.2) is 16.2 Å². The molecule has 0 saturated heterocycles. The van der Waals surface area contributed by atoms with E-state index in [0.717, 1.165) is 43.4 Å². The lowest BCUT2D eigenvalue weighted by Crippen LogP contribution is -2.44. The summed E-state index contributed by atoms with van der Waals surface area (Å²) in [6.45, 7) is 0. The molecule has 2 aliphatic rings. The van der Waals surface area contributed by atoms with Crippen molar-refractivity contribution in [3.63, 3.8) is 0 Å². The van der Waals surface area contributed by atoms with Crippen LogP contribution in [0.5, 0.6) is 5.75 Å². The van der Waals surface area contributed by atoms with E-state index in [9.17, 15) is 0 Å². The Morgan fingerprint density at radius 3 is 2.61 bits per heavy atom. The lowest BCUT2D eigenvalue weighted by atomic mass is 9.77. The highest BCUT2D eigenvalue weighted by Crippen LogP contribution is 2.39. The van der Waals surface area contributed by atoms with E-state index >= 15 is 0 Å². The molecule has 0 radical (unpaired) electrons. The molecule has 0 aliphatic heterocycles. The molecule has 0 amide bonds. The first kappa shape index (κ1) is 14.7. The predicted octanol–water partition coefficient (Wildman–Crippen LogP) is 3.79. The number of para-hydroxylation sites is 1. The smallest absolute Gasteiger partial charge is 0.261 e. The lowest BCUT2D eigenvalue weighted by Gasteiger charge is -2.34. The Bertz CT molecular complexity index is 672. The zero-order chi connectivity index (χ0) is 15.7. The van der Waals surface area contributed by atoms with Crippen LogP contribution in [0, 0.1) is 0 Å². The number of hydrogen-bond acceptors (Lipinski definition) is 5. The largest absolute Gasteiger partial charge is 0.490 e. The fourth-order valence-corrected chi connectivity index (χ4v) is 3.43. The molecule has 1 aromatic carbocycles. The molecule has 1 aromatic heterocycles. The lowest BCUT2D eigenvalue weighted by molar-refractivity contribution is 0.155. The van der Waals surface area contributed by atoms with Gasteiger partial charge in [0.25, 0.3) is 5.89 Å². The molecule has 1 heterocycles. The molecular weight excluding hydrogens is 290 g/mol. The van der Waals surface area contributed by atoms with Crippen molar-refractivity contribution in [3.8, 4) is 17.2 Å². The van der Waals surface area contributed by atoms with Gasteiger partial charge in [-0.25, -0.2) is 0 Å². The molecule has 0 atom stereocenters. The second-order valence-corrected chi connectivity index (χ2v) is 6.81. The van der Waals surface area contributed by atoms with Gasteiger partial charge in [0.1, 0.15) is 5.75 Å². The van der Waals surface area contributed by atoms with E-state index in [1.54, 1.807) is 0 Å². The summed E-state index contributed by atoms with van der Waals surface area (Å²) in [4.78, 5) is 4.55. The number of benzene rings is 1. The Hall–Kier alpha value is -1.88. The minimum Gasteiger partial charge on any atom is -0.490 e. The van der Waals surface area contributed by atoms with Crippen LogP contribution in [0.1, 0.15) is 57.2 Å². The summed E-state index contributed by atoms with van der Waals surface area (Å²) in [6.07, 6.45) is 9.30. The van der Waals surface area contributed by atoms with Gasteiger partial charge in [0, 0.05) is 0 Å². The molecule has 0 bridgehead atoms. The Morgan fingerprint density at radius 1 is 1.09 bits per heavy atom. The summed E-state index contributed by atoms with van der Waals surface area (Å²) < 4.78 is 11.7. The van der Waals surface area contributed by atoms with Crippen molar-refractivity contribution in [2.24, 2.45) is 5.73 Å². The van der Waals surface area contributed by atoms with E-state index in [2.05, 4.69) is 10.1 Å². The molecule has 2 aliphatic carbocycles. The summed E-state index contributed by atoms with van der Waals surface area (Å²) in [7, 11) is 0. The monoisotopic (exact) mass is 313 g/mol. The van der Waals surface area contributed by atoms with Crippen molar-refractivity contribution < 1.29 is 9.26 Å². The molecule has 2 saturated carbocycles. The molecule has 2 fully saturated rings. The van der Waals surface area contributed by atoms with Gasteiger partial charge in [0.2, 0.25) is 0 Å².